The van der Waals surface area contributed by atoms with Crippen LogP contribution in [0.4, 0.5) is 0 Å². The molecule has 50 heavy (non-hydrogen) atoms. The van der Waals surface area contributed by atoms with Crippen molar-refractivity contribution in [3.8, 4) is 0 Å². The van der Waals surface area contributed by atoms with Crippen molar-refractivity contribution in [3.63, 3.8) is 0 Å². The topological polar surface area (TPSA) is 8.17 Å². The Morgan fingerprint density at radius 2 is 1.60 bits per heavy atom. The van der Waals surface area contributed by atoms with Gasteiger partial charge in [-0.05, 0) is 101 Å². The molecule has 9 rings (SSSR count). The van der Waals surface area contributed by atoms with Gasteiger partial charge in [-0.2, -0.15) is 0 Å². The van der Waals surface area contributed by atoms with Crippen molar-refractivity contribution in [2.45, 2.75) is 118 Å². The normalized spacial score (nSPS) is 24.7. The maximum atomic E-state index is 2.89. The summed E-state index contributed by atoms with van der Waals surface area (Å²) in [5.41, 5.74) is 17.2. The van der Waals surface area contributed by atoms with Crippen molar-refractivity contribution in [1.29, 1.82) is 0 Å². The highest BCUT2D eigenvalue weighted by atomic mass is 15.2. The Hall–Kier alpha value is -3.72. The molecule has 0 spiro atoms. The van der Waals surface area contributed by atoms with Crippen molar-refractivity contribution < 1.29 is 0 Å². The highest BCUT2D eigenvalue weighted by molar-refractivity contribution is 6.88. The molecule has 0 bridgehead atoms. The molecule has 3 atom stereocenters. The summed E-state index contributed by atoms with van der Waals surface area (Å²) in [6.45, 7) is 19.8. The fraction of sp³-hybridized carbons (Fsp3) is 0.447. The van der Waals surface area contributed by atoms with E-state index in [1.807, 2.05) is 0 Å². The molecule has 3 aromatic rings. The van der Waals surface area contributed by atoms with E-state index in [4.69, 9.17) is 0 Å². The second kappa shape index (κ2) is 11.1. The first kappa shape index (κ1) is 32.2. The molecule has 0 radical (unpaired) electrons. The number of para-hydroxylation sites is 1. The van der Waals surface area contributed by atoms with E-state index < -0.39 is 0 Å². The molecule has 0 saturated heterocycles. The van der Waals surface area contributed by atoms with Crippen LogP contribution < -0.4 is 5.46 Å². The van der Waals surface area contributed by atoms with Gasteiger partial charge in [0.1, 0.15) is 0 Å². The quantitative estimate of drug-likeness (QED) is 0.254. The summed E-state index contributed by atoms with van der Waals surface area (Å²) in [5.74, 6) is 0.727. The average Bonchev–Trinajstić information content (AvgIpc) is 3.44. The Bertz CT molecular complexity index is 2090. The zero-order valence-electron chi connectivity index (χ0n) is 31.7. The van der Waals surface area contributed by atoms with E-state index in [0.717, 1.165) is 38.0 Å². The second-order valence-corrected chi connectivity index (χ2v) is 18.8. The lowest BCUT2D eigenvalue weighted by Gasteiger charge is -2.53. The largest absolute Gasteiger partial charge is 0.339 e. The standard InChI is InChI=1S/C47H55BN2/c1-45(2,3)30-21-24-34(25-22-30)49-40-26-23-32(46(4,5)6)27-38(40)48-37-19-14-18-36-35-17-12-13-20-39(35)50(44(36)37)42-29-33(28-41(49)43(42)48)47(7,8)31-15-10-9-11-16-31/h9-11,13-16,18-20,23-24,27-28,30,40,42H,12,17,21-22,25-26,29H2,1-8H3. The Morgan fingerprint density at radius 1 is 0.800 bits per heavy atom. The number of benzene rings is 2. The molecule has 256 valence electrons. The summed E-state index contributed by atoms with van der Waals surface area (Å²) in [7, 11) is 0. The average molecular weight is 659 g/mol. The number of hydrogen-bond acceptors (Lipinski definition) is 1. The van der Waals surface area contributed by atoms with Crippen LogP contribution in [0.3, 0.4) is 0 Å². The van der Waals surface area contributed by atoms with Gasteiger partial charge in [0, 0.05) is 33.4 Å². The van der Waals surface area contributed by atoms with Crippen molar-refractivity contribution in [2.24, 2.45) is 16.7 Å². The lowest BCUT2D eigenvalue weighted by atomic mass is 9.29. The van der Waals surface area contributed by atoms with Crippen LogP contribution in [0.5, 0.6) is 0 Å². The fourth-order valence-corrected chi connectivity index (χ4v) is 10.6. The minimum atomic E-state index is -0.0830. The minimum absolute atomic E-state index is 0.0830. The smallest absolute Gasteiger partial charge is 0.242 e. The number of hydrogen-bond donors (Lipinski definition) is 0. The zero-order chi connectivity index (χ0) is 34.7. The van der Waals surface area contributed by atoms with E-state index in [1.165, 1.54) is 51.7 Å². The predicted molar refractivity (Wildman–Crippen MR) is 214 cm³/mol. The first-order valence-electron chi connectivity index (χ1n) is 19.6. The van der Waals surface area contributed by atoms with Crippen LogP contribution in [0.1, 0.15) is 117 Å². The van der Waals surface area contributed by atoms with Gasteiger partial charge in [-0.3, -0.25) is 0 Å². The SMILES string of the molecule is CC(C)(C)C1=CCC2C(=C1)B1C3=C(C=C(C(C)(C)c4ccccc4)CC3n3c4c(c5cccc1c53)CCC=C4)N2C1=CCC(C(C)(C)C)CC1. The lowest BCUT2D eigenvalue weighted by Crippen LogP contribution is -2.56. The Labute approximate surface area is 301 Å². The van der Waals surface area contributed by atoms with Crippen LogP contribution >= 0.6 is 0 Å². The predicted octanol–water partition coefficient (Wildman–Crippen LogP) is 11.2. The highest BCUT2D eigenvalue weighted by Gasteiger charge is 2.52. The van der Waals surface area contributed by atoms with E-state index in [-0.39, 0.29) is 10.8 Å². The Balaban J connectivity index is 1.34. The van der Waals surface area contributed by atoms with E-state index in [0.29, 0.717) is 24.2 Å². The van der Waals surface area contributed by atoms with Crippen LogP contribution in [-0.4, -0.2) is 22.2 Å². The van der Waals surface area contributed by atoms with Gasteiger partial charge in [0.15, 0.2) is 0 Å². The van der Waals surface area contributed by atoms with E-state index in [1.54, 1.807) is 27.8 Å². The maximum absolute atomic E-state index is 2.89. The molecular weight excluding hydrogens is 603 g/mol. The molecule has 3 heteroatoms. The Kier molecular flexibility index (Phi) is 7.18. The molecule has 0 saturated carbocycles. The molecule has 1 aromatic heterocycles. The zero-order valence-corrected chi connectivity index (χ0v) is 31.7. The van der Waals surface area contributed by atoms with Crippen molar-refractivity contribution in [1.82, 2.24) is 9.47 Å². The van der Waals surface area contributed by atoms with Gasteiger partial charge in [-0.25, -0.2) is 0 Å². The van der Waals surface area contributed by atoms with E-state index in [9.17, 15) is 0 Å². The van der Waals surface area contributed by atoms with Gasteiger partial charge in [-0.1, -0.05) is 139 Å². The molecule has 2 aromatic carbocycles. The molecule has 2 nitrogen and oxygen atoms in total. The van der Waals surface area contributed by atoms with Crippen molar-refractivity contribution in [3.05, 3.63) is 129 Å². The van der Waals surface area contributed by atoms with E-state index in [2.05, 4.69) is 150 Å². The lowest BCUT2D eigenvalue weighted by molar-refractivity contribution is 0.206. The van der Waals surface area contributed by atoms with Gasteiger partial charge >= 0.3 is 0 Å². The molecule has 3 unspecified atom stereocenters. The van der Waals surface area contributed by atoms with Crippen LogP contribution in [0.15, 0.2) is 112 Å². The Morgan fingerprint density at radius 3 is 2.32 bits per heavy atom. The third-order valence-electron chi connectivity index (χ3n) is 13.6. The number of aromatic nitrogens is 1. The van der Waals surface area contributed by atoms with Crippen LogP contribution in [0.25, 0.3) is 17.0 Å². The number of fused-ring (bicyclic) bond motifs is 7. The molecule has 0 fully saturated rings. The second-order valence-electron chi connectivity index (χ2n) is 18.8. The third kappa shape index (κ3) is 4.74. The first-order chi connectivity index (χ1) is 23.8. The molecular formula is C47H55BN2. The number of rotatable bonds is 3. The summed E-state index contributed by atoms with van der Waals surface area (Å²) in [4.78, 5) is 2.89. The molecule has 4 aliphatic carbocycles. The first-order valence-corrected chi connectivity index (χ1v) is 19.6. The van der Waals surface area contributed by atoms with Crippen LogP contribution in [-0.2, 0) is 11.8 Å². The monoisotopic (exact) mass is 658 g/mol. The maximum Gasteiger partial charge on any atom is 0.242 e. The number of aryl methyl sites for hydroxylation is 1. The third-order valence-corrected chi connectivity index (χ3v) is 13.6. The van der Waals surface area contributed by atoms with Gasteiger partial charge in [0.2, 0.25) is 6.71 Å². The van der Waals surface area contributed by atoms with Gasteiger partial charge < -0.3 is 9.47 Å². The van der Waals surface area contributed by atoms with Crippen molar-refractivity contribution in [2.75, 3.05) is 0 Å². The summed E-state index contributed by atoms with van der Waals surface area (Å²) in [6, 6.07) is 19.2. The summed E-state index contributed by atoms with van der Waals surface area (Å²) in [5, 5.41) is 1.49. The van der Waals surface area contributed by atoms with Gasteiger partial charge in [0.25, 0.3) is 0 Å². The molecule has 3 heterocycles. The van der Waals surface area contributed by atoms with Gasteiger partial charge in [-0.15, -0.1) is 0 Å². The number of nitrogens with zero attached hydrogens (tertiary/aromatic N) is 2. The molecule has 0 N–H and O–H groups in total. The van der Waals surface area contributed by atoms with Gasteiger partial charge in [0.05, 0.1) is 12.1 Å². The number of allylic oxidation sites excluding steroid dienone is 8. The summed E-state index contributed by atoms with van der Waals surface area (Å²) >= 11 is 0. The summed E-state index contributed by atoms with van der Waals surface area (Å²) in [6.07, 6.45) is 23.5. The molecule has 2 aliphatic heterocycles. The summed E-state index contributed by atoms with van der Waals surface area (Å²) < 4.78 is 2.82. The van der Waals surface area contributed by atoms with E-state index >= 15 is 0 Å². The highest BCUT2D eigenvalue weighted by Crippen LogP contribution is 2.55. The fourth-order valence-electron chi connectivity index (χ4n) is 10.6. The van der Waals surface area contributed by atoms with Crippen LogP contribution in [0.2, 0.25) is 0 Å². The van der Waals surface area contributed by atoms with Crippen molar-refractivity contribution >= 4 is 29.2 Å². The molecule has 6 aliphatic rings. The molecule has 0 amide bonds. The minimum Gasteiger partial charge on any atom is -0.339 e. The van der Waals surface area contributed by atoms with Crippen LogP contribution in [0, 0.1) is 16.7 Å².